The number of benzene rings is 1. The number of aromatic nitrogens is 3. The summed E-state index contributed by atoms with van der Waals surface area (Å²) in [6.07, 6.45) is 5.89. The Kier molecular flexibility index (Phi) is 6.11. The Labute approximate surface area is 178 Å². The third-order valence-electron chi connectivity index (χ3n) is 5.62. The fourth-order valence-corrected chi connectivity index (χ4v) is 4.21. The number of carbonyl (C=O) groups is 1. The normalized spacial score (nSPS) is 16.9. The quantitative estimate of drug-likeness (QED) is 0.624. The van der Waals surface area contributed by atoms with Crippen molar-refractivity contribution in [1.29, 1.82) is 0 Å². The summed E-state index contributed by atoms with van der Waals surface area (Å²) in [4.78, 5) is 30.4. The number of likely N-dealkylation sites (tertiary alicyclic amines) is 1. The minimum atomic E-state index is -0.806. The molecule has 0 saturated carbocycles. The van der Waals surface area contributed by atoms with Crippen molar-refractivity contribution in [1.82, 2.24) is 19.7 Å². The van der Waals surface area contributed by atoms with Crippen LogP contribution in [0.4, 0.5) is 0 Å². The van der Waals surface area contributed by atoms with E-state index in [1.165, 1.54) is 4.68 Å². The molecule has 1 fully saturated rings. The Morgan fingerprint density at radius 2 is 2.00 bits per heavy atom. The second-order valence-corrected chi connectivity index (χ2v) is 8.07. The lowest BCUT2D eigenvalue weighted by Crippen LogP contribution is -2.38. The summed E-state index contributed by atoms with van der Waals surface area (Å²) in [6, 6.07) is 9.42. The average molecular weight is 427 g/mol. The average Bonchev–Trinajstić information content (AvgIpc) is 3.18. The lowest BCUT2D eigenvalue weighted by atomic mass is 10.1. The van der Waals surface area contributed by atoms with Crippen LogP contribution in [0.25, 0.3) is 10.8 Å². The van der Waals surface area contributed by atoms with Crippen molar-refractivity contribution in [2.24, 2.45) is 0 Å². The lowest BCUT2D eigenvalue weighted by Gasteiger charge is -2.24. The van der Waals surface area contributed by atoms with Gasteiger partial charge in [0.1, 0.15) is 0 Å². The van der Waals surface area contributed by atoms with Gasteiger partial charge >= 0.3 is 5.97 Å². The van der Waals surface area contributed by atoms with E-state index >= 15 is 0 Å². The van der Waals surface area contributed by atoms with Crippen molar-refractivity contribution >= 4 is 28.3 Å². The first kappa shape index (κ1) is 20.5. The first-order valence-electron chi connectivity index (χ1n) is 10.1. The Morgan fingerprint density at radius 1 is 1.20 bits per heavy atom. The van der Waals surface area contributed by atoms with Crippen molar-refractivity contribution in [3.8, 4) is 0 Å². The number of aliphatic carboxylic acids is 1. The van der Waals surface area contributed by atoms with Gasteiger partial charge < -0.3 is 5.11 Å². The summed E-state index contributed by atoms with van der Waals surface area (Å²) in [5.74, 6) is -0.806. The van der Waals surface area contributed by atoms with Gasteiger partial charge in [-0.3, -0.25) is 19.5 Å². The first-order chi connectivity index (χ1) is 14.5. The van der Waals surface area contributed by atoms with Gasteiger partial charge in [0.15, 0.2) is 0 Å². The highest BCUT2D eigenvalue weighted by molar-refractivity contribution is 6.30. The molecule has 0 spiro atoms. The van der Waals surface area contributed by atoms with E-state index in [-0.39, 0.29) is 18.0 Å². The molecule has 8 heteroatoms. The van der Waals surface area contributed by atoms with E-state index in [0.29, 0.717) is 29.9 Å². The molecule has 1 saturated heterocycles. The van der Waals surface area contributed by atoms with Gasteiger partial charge in [-0.25, -0.2) is 4.68 Å². The highest BCUT2D eigenvalue weighted by atomic mass is 35.5. The predicted molar refractivity (Wildman–Crippen MR) is 115 cm³/mol. The predicted octanol–water partition coefficient (Wildman–Crippen LogP) is 2.97. The second kappa shape index (κ2) is 8.93. The molecule has 156 valence electrons. The maximum atomic E-state index is 13.1. The van der Waals surface area contributed by atoms with Crippen LogP contribution < -0.4 is 5.56 Å². The van der Waals surface area contributed by atoms with Crippen molar-refractivity contribution in [3.63, 3.8) is 0 Å². The molecule has 0 amide bonds. The highest BCUT2D eigenvalue weighted by Gasteiger charge is 2.26. The molecule has 1 N–H and O–H groups in total. The van der Waals surface area contributed by atoms with E-state index in [1.54, 1.807) is 18.5 Å². The maximum Gasteiger partial charge on any atom is 0.304 e. The van der Waals surface area contributed by atoms with Crippen LogP contribution in [-0.2, 0) is 17.8 Å². The maximum absolute atomic E-state index is 13.1. The molecular formula is C22H23ClN4O3. The first-order valence-corrected chi connectivity index (χ1v) is 10.4. The van der Waals surface area contributed by atoms with Gasteiger partial charge in [0.05, 0.1) is 24.0 Å². The molecule has 3 aromatic rings. The smallest absolute Gasteiger partial charge is 0.304 e. The molecule has 3 heterocycles. The zero-order chi connectivity index (χ0) is 21.1. The molecule has 2 aromatic heterocycles. The summed E-state index contributed by atoms with van der Waals surface area (Å²) in [7, 11) is 0. The van der Waals surface area contributed by atoms with Crippen LogP contribution in [0.15, 0.2) is 47.5 Å². The molecular weight excluding hydrogens is 404 g/mol. The van der Waals surface area contributed by atoms with E-state index in [2.05, 4.69) is 9.88 Å². The van der Waals surface area contributed by atoms with Crippen LogP contribution in [0.2, 0.25) is 5.02 Å². The van der Waals surface area contributed by atoms with Gasteiger partial charge in [-0.15, -0.1) is 0 Å². The summed E-state index contributed by atoms with van der Waals surface area (Å²) >= 11 is 6.00. The minimum Gasteiger partial charge on any atom is -0.481 e. The van der Waals surface area contributed by atoms with Crippen molar-refractivity contribution in [3.05, 3.63) is 69.4 Å². The standard InChI is InChI=1S/C22H23ClN4O3/c23-16-5-3-15(4-6-16)12-20-19-13-24-9-7-18(19)22(30)27(25-20)14-17-2-1-10-26(17)11-8-21(28)29/h3-7,9,13,17H,1-2,8,10-12,14H2,(H,28,29). The summed E-state index contributed by atoms with van der Waals surface area (Å²) in [6.45, 7) is 1.79. The Bertz CT molecular complexity index is 1110. The zero-order valence-corrected chi connectivity index (χ0v) is 17.3. The monoisotopic (exact) mass is 426 g/mol. The van der Waals surface area contributed by atoms with Gasteiger partial charge in [-0.05, 0) is 43.1 Å². The summed E-state index contributed by atoms with van der Waals surface area (Å²) < 4.78 is 1.54. The highest BCUT2D eigenvalue weighted by Crippen LogP contribution is 2.21. The number of halogens is 1. The molecule has 1 unspecified atom stereocenters. The number of carboxylic acid groups (broad SMARTS) is 1. The van der Waals surface area contributed by atoms with Gasteiger partial charge in [-0.2, -0.15) is 5.10 Å². The molecule has 1 aliphatic rings. The van der Waals surface area contributed by atoms with E-state index < -0.39 is 5.97 Å². The van der Waals surface area contributed by atoms with E-state index in [0.717, 1.165) is 36.0 Å². The number of fused-ring (bicyclic) bond motifs is 1. The van der Waals surface area contributed by atoms with Crippen LogP contribution >= 0.6 is 11.6 Å². The number of carboxylic acids is 1. The van der Waals surface area contributed by atoms with E-state index in [4.69, 9.17) is 21.8 Å². The second-order valence-electron chi connectivity index (χ2n) is 7.63. The van der Waals surface area contributed by atoms with Crippen LogP contribution in [0, 0.1) is 0 Å². The number of hydrogen-bond donors (Lipinski definition) is 1. The van der Waals surface area contributed by atoms with E-state index in [1.807, 2.05) is 24.3 Å². The molecule has 1 atom stereocenters. The number of hydrogen-bond acceptors (Lipinski definition) is 5. The summed E-state index contributed by atoms with van der Waals surface area (Å²) in [5.41, 5.74) is 1.69. The molecule has 0 bridgehead atoms. The fraction of sp³-hybridized carbons (Fsp3) is 0.364. The van der Waals surface area contributed by atoms with Crippen molar-refractivity contribution in [2.75, 3.05) is 13.1 Å². The minimum absolute atomic E-state index is 0.101. The summed E-state index contributed by atoms with van der Waals surface area (Å²) in [5, 5.41) is 15.7. The molecule has 1 aromatic carbocycles. The Morgan fingerprint density at radius 3 is 2.77 bits per heavy atom. The number of nitrogens with zero attached hydrogens (tertiary/aromatic N) is 4. The fourth-order valence-electron chi connectivity index (χ4n) is 4.08. The largest absolute Gasteiger partial charge is 0.481 e. The van der Waals surface area contributed by atoms with Gasteiger partial charge in [0.25, 0.3) is 5.56 Å². The molecule has 4 rings (SSSR count). The van der Waals surface area contributed by atoms with Crippen molar-refractivity contribution in [2.45, 2.75) is 38.3 Å². The Hall–Kier alpha value is -2.77. The molecule has 30 heavy (non-hydrogen) atoms. The Balaban J connectivity index is 1.66. The molecule has 1 aliphatic heterocycles. The third-order valence-corrected chi connectivity index (χ3v) is 5.87. The van der Waals surface area contributed by atoms with Crippen LogP contribution in [0.3, 0.4) is 0 Å². The number of pyridine rings is 1. The zero-order valence-electron chi connectivity index (χ0n) is 16.5. The number of rotatable bonds is 7. The molecule has 0 aliphatic carbocycles. The van der Waals surface area contributed by atoms with Crippen LogP contribution in [-0.4, -0.2) is 49.9 Å². The van der Waals surface area contributed by atoms with Crippen molar-refractivity contribution < 1.29 is 9.90 Å². The van der Waals surface area contributed by atoms with E-state index in [9.17, 15) is 9.59 Å². The van der Waals surface area contributed by atoms with Crippen LogP contribution in [0.5, 0.6) is 0 Å². The topological polar surface area (TPSA) is 88.3 Å². The van der Waals surface area contributed by atoms with Gasteiger partial charge in [-0.1, -0.05) is 23.7 Å². The van der Waals surface area contributed by atoms with Crippen LogP contribution in [0.1, 0.15) is 30.5 Å². The van der Waals surface area contributed by atoms with Gasteiger partial charge in [0, 0.05) is 41.8 Å². The molecule has 7 nitrogen and oxygen atoms in total. The lowest BCUT2D eigenvalue weighted by molar-refractivity contribution is -0.137. The molecule has 0 radical (unpaired) electrons. The SMILES string of the molecule is O=C(O)CCN1CCCC1Cn1nc(Cc2ccc(Cl)cc2)c2cnccc2c1=O. The third kappa shape index (κ3) is 4.52. The van der Waals surface area contributed by atoms with Gasteiger partial charge in [0.2, 0.25) is 0 Å².